The van der Waals surface area contributed by atoms with Gasteiger partial charge in [0.15, 0.2) is 5.82 Å². The second-order valence-corrected chi connectivity index (χ2v) is 14.3. The number of likely N-dealkylation sites (tertiary alicyclic amines) is 1. The Hall–Kier alpha value is -4.71. The van der Waals surface area contributed by atoms with Crippen LogP contribution in [0.5, 0.6) is 0 Å². The molecule has 1 saturated carbocycles. The number of benzene rings is 1. The van der Waals surface area contributed by atoms with Crippen LogP contribution in [0.15, 0.2) is 28.8 Å². The van der Waals surface area contributed by atoms with Crippen LogP contribution in [0.2, 0.25) is 0 Å². The van der Waals surface area contributed by atoms with Crippen molar-refractivity contribution in [3.63, 3.8) is 0 Å². The van der Waals surface area contributed by atoms with Crippen LogP contribution in [0.3, 0.4) is 0 Å². The number of anilines is 4. The molecule has 4 amide bonds. The van der Waals surface area contributed by atoms with Gasteiger partial charge in [0.2, 0.25) is 17.7 Å². The first-order valence-electron chi connectivity index (χ1n) is 16.2. The minimum Gasteiger partial charge on any atom is -0.369 e. The molecule has 12 heteroatoms. The first kappa shape index (κ1) is 32.2. The Kier molecular flexibility index (Phi) is 8.11. The quantitative estimate of drug-likeness (QED) is 0.198. The third-order valence-electron chi connectivity index (χ3n) is 9.62. The van der Waals surface area contributed by atoms with Crippen LogP contribution in [-0.4, -0.2) is 58.3 Å². The average Bonchev–Trinajstić information content (AvgIpc) is 3.48. The number of amides is 4. The molecule has 0 bridgehead atoms. The first-order chi connectivity index (χ1) is 22.2. The predicted molar refractivity (Wildman–Crippen MR) is 180 cm³/mol. The number of nitrogens with zero attached hydrogens (tertiary/aromatic N) is 3. The molecule has 1 aliphatic carbocycles. The van der Waals surface area contributed by atoms with E-state index in [2.05, 4.69) is 32.6 Å². The Balaban J connectivity index is 1.28. The van der Waals surface area contributed by atoms with Gasteiger partial charge in [0, 0.05) is 28.4 Å². The summed E-state index contributed by atoms with van der Waals surface area (Å²) in [5.74, 6) is -0.0430. The normalized spacial score (nSPS) is 18.6. The molecule has 3 aromatic rings. The number of fused-ring (bicyclic) bond motifs is 1. The third-order valence-corrected chi connectivity index (χ3v) is 9.62. The topological polar surface area (TPSA) is 167 Å². The molecule has 6 rings (SSSR count). The zero-order valence-corrected chi connectivity index (χ0v) is 27.9. The molecule has 1 saturated heterocycles. The van der Waals surface area contributed by atoms with E-state index >= 15 is 0 Å². The number of nitrogens with two attached hydrogens (primary N) is 1. The molecule has 47 heavy (non-hydrogen) atoms. The molecular weight excluding hydrogens is 598 g/mol. The molecule has 4 heterocycles. The Labute approximate surface area is 274 Å². The van der Waals surface area contributed by atoms with Crippen molar-refractivity contribution >= 4 is 58.2 Å². The summed E-state index contributed by atoms with van der Waals surface area (Å²) in [6.07, 6.45) is 4.67. The average molecular weight is 642 g/mol. The number of nitrogens with one attached hydrogen (secondary N) is 3. The van der Waals surface area contributed by atoms with E-state index in [9.17, 15) is 19.2 Å². The molecule has 12 nitrogen and oxygen atoms in total. The number of piperidine rings is 1. The number of carbonyl (C=O) groups excluding carboxylic acids is 4. The molecule has 0 radical (unpaired) electrons. The number of rotatable bonds is 8. The monoisotopic (exact) mass is 641 g/mol. The van der Waals surface area contributed by atoms with Crippen molar-refractivity contribution in [1.29, 1.82) is 0 Å². The van der Waals surface area contributed by atoms with Crippen molar-refractivity contribution in [2.45, 2.75) is 72.6 Å². The van der Waals surface area contributed by atoms with Crippen LogP contribution in [0.4, 0.5) is 22.9 Å². The van der Waals surface area contributed by atoms with Crippen molar-refractivity contribution in [2.75, 3.05) is 35.2 Å². The number of hydrogen-bond donors (Lipinski definition) is 4. The summed E-state index contributed by atoms with van der Waals surface area (Å²) >= 11 is 0. The fourth-order valence-corrected chi connectivity index (χ4v) is 6.30. The SMILES string of the molecule is Cc1[nH]c(C=C2C(=O)Nc3cc(N(C(=O)C4(C(N)=O)CC4)c4cc(C(C)(C)C)on4)ccc32)c(C)c1NC(=O)CN1CCC(C)CC1. The van der Waals surface area contributed by atoms with Gasteiger partial charge in [-0.25, -0.2) is 0 Å². The second kappa shape index (κ2) is 11.8. The van der Waals surface area contributed by atoms with E-state index in [1.807, 2.05) is 34.6 Å². The molecule has 248 valence electrons. The maximum absolute atomic E-state index is 13.9. The number of H-pyrrole nitrogens is 1. The van der Waals surface area contributed by atoms with Crippen LogP contribution in [0.25, 0.3) is 11.6 Å². The summed E-state index contributed by atoms with van der Waals surface area (Å²) in [6.45, 7) is 14.1. The van der Waals surface area contributed by atoms with Gasteiger partial charge in [-0.1, -0.05) is 32.9 Å². The van der Waals surface area contributed by atoms with Crippen LogP contribution in [-0.2, 0) is 24.6 Å². The van der Waals surface area contributed by atoms with Gasteiger partial charge in [-0.05, 0) is 88.4 Å². The lowest BCUT2D eigenvalue weighted by atomic mass is 9.93. The number of aromatic amines is 1. The minimum atomic E-state index is -1.31. The fourth-order valence-electron chi connectivity index (χ4n) is 6.30. The molecule has 2 aromatic heterocycles. The van der Waals surface area contributed by atoms with Crippen LogP contribution >= 0.6 is 0 Å². The van der Waals surface area contributed by atoms with Crippen molar-refractivity contribution in [3.05, 3.63) is 52.5 Å². The van der Waals surface area contributed by atoms with Crippen molar-refractivity contribution in [2.24, 2.45) is 17.1 Å². The highest BCUT2D eigenvalue weighted by Gasteiger charge is 2.58. The molecular formula is C35H43N7O5. The molecule has 1 aromatic carbocycles. The summed E-state index contributed by atoms with van der Waals surface area (Å²) in [5.41, 5.74) is 9.04. The Morgan fingerprint density at radius 3 is 2.49 bits per heavy atom. The van der Waals surface area contributed by atoms with Gasteiger partial charge in [-0.3, -0.25) is 29.0 Å². The van der Waals surface area contributed by atoms with Crippen LogP contribution < -0.4 is 21.3 Å². The highest BCUT2D eigenvalue weighted by Crippen LogP contribution is 2.49. The van der Waals surface area contributed by atoms with E-state index in [0.29, 0.717) is 65.0 Å². The lowest BCUT2D eigenvalue weighted by Crippen LogP contribution is -2.41. The standard InChI is InChI=1S/C35H43N7O5/c1-19-9-13-41(14-10-19)18-29(43)39-30-20(2)25(37-21(30)3)16-24-23-8-7-22(15-26(23)38-31(24)44)42(33(46)35(11-12-35)32(36)45)28-17-27(47-40-28)34(4,5)6/h7-8,15-17,19,37H,9-14,18H2,1-6H3,(H2,36,45)(H,38,44)(H,39,43). The molecule has 2 aliphatic heterocycles. The molecule has 0 atom stereocenters. The van der Waals surface area contributed by atoms with Crippen LogP contribution in [0, 0.1) is 25.2 Å². The zero-order chi connectivity index (χ0) is 33.8. The number of primary amides is 1. The number of aryl methyl sites for hydroxylation is 1. The number of aromatic nitrogens is 2. The molecule has 2 fully saturated rings. The van der Waals surface area contributed by atoms with Gasteiger partial charge in [0.1, 0.15) is 11.2 Å². The maximum Gasteiger partial charge on any atom is 0.256 e. The predicted octanol–water partition coefficient (Wildman–Crippen LogP) is 5.01. The number of hydrogen-bond acceptors (Lipinski definition) is 7. The summed E-state index contributed by atoms with van der Waals surface area (Å²) in [5, 5.41) is 10.2. The van der Waals surface area contributed by atoms with E-state index < -0.39 is 17.2 Å². The zero-order valence-electron chi connectivity index (χ0n) is 27.9. The minimum absolute atomic E-state index is 0.0643. The molecule has 3 aliphatic rings. The van der Waals surface area contributed by atoms with Gasteiger partial charge < -0.3 is 25.9 Å². The maximum atomic E-state index is 13.9. The Bertz CT molecular complexity index is 1800. The highest BCUT2D eigenvalue weighted by molar-refractivity contribution is 6.35. The fraction of sp³-hybridized carbons (Fsp3) is 0.457. The van der Waals surface area contributed by atoms with E-state index in [0.717, 1.165) is 37.2 Å². The van der Waals surface area contributed by atoms with Crippen molar-refractivity contribution in [1.82, 2.24) is 15.0 Å². The largest absolute Gasteiger partial charge is 0.369 e. The van der Waals surface area contributed by atoms with Gasteiger partial charge in [-0.2, -0.15) is 0 Å². The summed E-state index contributed by atoms with van der Waals surface area (Å²) in [7, 11) is 0. The van der Waals surface area contributed by atoms with E-state index in [1.165, 1.54) is 4.90 Å². The molecule has 0 spiro atoms. The summed E-state index contributed by atoms with van der Waals surface area (Å²) in [6, 6.07) is 6.85. The van der Waals surface area contributed by atoms with Crippen molar-refractivity contribution in [3.8, 4) is 0 Å². The van der Waals surface area contributed by atoms with Crippen molar-refractivity contribution < 1.29 is 23.7 Å². The van der Waals surface area contributed by atoms with Gasteiger partial charge >= 0.3 is 0 Å². The lowest BCUT2D eigenvalue weighted by molar-refractivity contribution is -0.133. The van der Waals surface area contributed by atoms with Gasteiger partial charge in [0.25, 0.3) is 5.91 Å². The third kappa shape index (κ3) is 6.09. The summed E-state index contributed by atoms with van der Waals surface area (Å²) in [4.78, 5) is 59.3. The Morgan fingerprint density at radius 2 is 1.87 bits per heavy atom. The summed E-state index contributed by atoms with van der Waals surface area (Å²) < 4.78 is 5.59. The molecule has 0 unspecified atom stereocenters. The van der Waals surface area contributed by atoms with Crippen LogP contribution in [0.1, 0.15) is 81.7 Å². The van der Waals surface area contributed by atoms with Gasteiger partial charge in [0.05, 0.1) is 29.2 Å². The van der Waals surface area contributed by atoms with E-state index in [-0.39, 0.29) is 23.0 Å². The smallest absolute Gasteiger partial charge is 0.256 e. The number of carbonyl (C=O) groups is 4. The Morgan fingerprint density at radius 1 is 1.17 bits per heavy atom. The lowest BCUT2D eigenvalue weighted by Gasteiger charge is -2.29. The molecule has 5 N–H and O–H groups in total. The first-order valence-corrected chi connectivity index (χ1v) is 16.2. The van der Waals surface area contributed by atoms with E-state index in [1.54, 1.807) is 30.3 Å². The van der Waals surface area contributed by atoms with E-state index in [4.69, 9.17) is 10.3 Å². The second-order valence-electron chi connectivity index (χ2n) is 14.3. The van der Waals surface area contributed by atoms with Gasteiger partial charge in [-0.15, -0.1) is 0 Å². The highest BCUT2D eigenvalue weighted by atomic mass is 16.5.